The number of benzene rings is 3. The Bertz CT molecular complexity index is 1030. The Morgan fingerprint density at radius 1 is 0.960 bits per heavy atom. The molecule has 0 aliphatic heterocycles. The molecular weight excluding hydrogens is 308 g/mol. The van der Waals surface area contributed by atoms with Crippen molar-refractivity contribution in [3.63, 3.8) is 0 Å². The van der Waals surface area contributed by atoms with Gasteiger partial charge in [-0.15, -0.1) is 0 Å². The molecule has 0 saturated heterocycles. The highest BCUT2D eigenvalue weighted by Gasteiger charge is 2.17. The summed E-state index contributed by atoms with van der Waals surface area (Å²) < 4.78 is 1.93. The van der Waals surface area contributed by atoms with Gasteiger partial charge in [-0.1, -0.05) is 66.2 Å². The lowest BCUT2D eigenvalue weighted by molar-refractivity contribution is -0.109. The highest BCUT2D eigenvalue weighted by Crippen LogP contribution is 2.27. The number of carbonyl (C=O) groups excluding carboxylic acids is 1. The van der Waals surface area contributed by atoms with Crippen LogP contribution in [0.15, 0.2) is 79.1 Å². The van der Waals surface area contributed by atoms with Crippen LogP contribution in [0.2, 0.25) is 0 Å². The second-order valence-corrected chi connectivity index (χ2v) is 6.21. The van der Waals surface area contributed by atoms with Crippen LogP contribution in [0.3, 0.4) is 0 Å². The van der Waals surface area contributed by atoms with E-state index in [1.165, 1.54) is 10.9 Å². The molecule has 0 bridgehead atoms. The Kier molecular flexibility index (Phi) is 3.90. The molecule has 4 rings (SSSR count). The van der Waals surface area contributed by atoms with Crippen LogP contribution >= 0.6 is 0 Å². The van der Waals surface area contributed by atoms with Gasteiger partial charge in [0, 0.05) is 18.0 Å². The van der Waals surface area contributed by atoms with Gasteiger partial charge in [0.1, 0.15) is 18.2 Å². The molecule has 4 aromatic rings. The normalized spacial score (nSPS) is 12.2. The Balaban J connectivity index is 1.80. The van der Waals surface area contributed by atoms with Gasteiger partial charge < -0.3 is 9.36 Å². The average molecular weight is 326 g/mol. The maximum Gasteiger partial charge on any atom is 0.147 e. The lowest BCUT2D eigenvalue weighted by atomic mass is 10.0. The summed E-state index contributed by atoms with van der Waals surface area (Å²) in [6.07, 6.45) is 4.58. The Morgan fingerprint density at radius 2 is 1.72 bits per heavy atom. The molecule has 1 atom stereocenters. The van der Waals surface area contributed by atoms with E-state index in [2.05, 4.69) is 48.3 Å². The van der Waals surface area contributed by atoms with Gasteiger partial charge in [-0.2, -0.15) is 0 Å². The van der Waals surface area contributed by atoms with Crippen molar-refractivity contribution < 1.29 is 4.79 Å². The van der Waals surface area contributed by atoms with Gasteiger partial charge >= 0.3 is 0 Å². The fourth-order valence-corrected chi connectivity index (χ4v) is 3.16. The first kappa shape index (κ1) is 15.3. The highest BCUT2D eigenvalue weighted by atomic mass is 16.1. The molecule has 3 nitrogen and oxygen atoms in total. The standard InChI is InChI=1S/C22H18N2O/c1-16-6-8-18(9-7-16)22-23-12-13-24(22)21(15-25)20-11-10-17-4-2-3-5-19(17)14-20/h2-15,21H,1H3. The van der Waals surface area contributed by atoms with Crippen LogP contribution in [0.4, 0.5) is 0 Å². The molecule has 3 aromatic carbocycles. The molecule has 0 fully saturated rings. The number of hydrogen-bond donors (Lipinski definition) is 0. The summed E-state index contributed by atoms with van der Waals surface area (Å²) in [7, 11) is 0. The minimum atomic E-state index is -0.400. The first-order valence-corrected chi connectivity index (χ1v) is 8.30. The van der Waals surface area contributed by atoms with Gasteiger partial charge in [0.05, 0.1) is 0 Å². The smallest absolute Gasteiger partial charge is 0.147 e. The van der Waals surface area contributed by atoms with Crippen LogP contribution in [0, 0.1) is 6.92 Å². The lowest BCUT2D eigenvalue weighted by Gasteiger charge is -2.16. The Labute approximate surface area is 146 Å². The van der Waals surface area contributed by atoms with E-state index < -0.39 is 6.04 Å². The summed E-state index contributed by atoms with van der Waals surface area (Å²) in [6, 6.07) is 22.1. The van der Waals surface area contributed by atoms with Crippen LogP contribution in [0.25, 0.3) is 22.2 Å². The predicted octanol–water partition coefficient (Wildman–Crippen LogP) is 4.80. The van der Waals surface area contributed by atoms with Crippen LogP contribution in [-0.2, 0) is 4.79 Å². The molecule has 0 N–H and O–H groups in total. The van der Waals surface area contributed by atoms with E-state index in [0.29, 0.717) is 0 Å². The minimum Gasteiger partial charge on any atom is -0.317 e. The zero-order valence-corrected chi connectivity index (χ0v) is 14.0. The zero-order valence-electron chi connectivity index (χ0n) is 14.0. The number of aromatic nitrogens is 2. The topological polar surface area (TPSA) is 34.9 Å². The van der Waals surface area contributed by atoms with E-state index in [1.807, 2.05) is 41.1 Å². The largest absolute Gasteiger partial charge is 0.317 e. The SMILES string of the molecule is Cc1ccc(-c2nccn2C(C=O)c2ccc3ccccc3c2)cc1. The number of hydrogen-bond acceptors (Lipinski definition) is 2. The maximum atomic E-state index is 11.9. The number of fused-ring (bicyclic) bond motifs is 1. The second-order valence-electron chi connectivity index (χ2n) is 6.21. The summed E-state index contributed by atoms with van der Waals surface area (Å²) in [5, 5.41) is 2.30. The fraction of sp³-hybridized carbons (Fsp3) is 0.0909. The van der Waals surface area contributed by atoms with Crippen molar-refractivity contribution in [1.29, 1.82) is 0 Å². The number of aryl methyl sites for hydroxylation is 1. The third-order valence-electron chi connectivity index (χ3n) is 4.52. The summed E-state index contributed by atoms with van der Waals surface area (Å²) in [5.74, 6) is 0.797. The molecular formula is C22H18N2O. The van der Waals surface area contributed by atoms with Gasteiger partial charge in [-0.25, -0.2) is 4.98 Å². The first-order chi connectivity index (χ1) is 12.3. The first-order valence-electron chi connectivity index (χ1n) is 8.30. The Morgan fingerprint density at radius 3 is 2.48 bits per heavy atom. The van der Waals surface area contributed by atoms with Gasteiger partial charge in [0.25, 0.3) is 0 Å². The highest BCUT2D eigenvalue weighted by molar-refractivity contribution is 5.84. The molecule has 1 heterocycles. The lowest BCUT2D eigenvalue weighted by Crippen LogP contribution is -2.12. The van der Waals surface area contributed by atoms with Crippen molar-refractivity contribution in [2.45, 2.75) is 13.0 Å². The predicted molar refractivity (Wildman–Crippen MR) is 101 cm³/mol. The minimum absolute atomic E-state index is 0.400. The summed E-state index contributed by atoms with van der Waals surface area (Å²) in [5.41, 5.74) is 3.16. The number of carbonyl (C=O) groups is 1. The van der Waals surface area contributed by atoms with E-state index in [-0.39, 0.29) is 0 Å². The van der Waals surface area contributed by atoms with E-state index in [9.17, 15) is 4.79 Å². The van der Waals surface area contributed by atoms with Gasteiger partial charge in [-0.3, -0.25) is 0 Å². The van der Waals surface area contributed by atoms with Crippen molar-refractivity contribution in [3.8, 4) is 11.4 Å². The van der Waals surface area contributed by atoms with Crippen LogP contribution in [-0.4, -0.2) is 15.8 Å². The molecule has 0 saturated carbocycles. The van der Waals surface area contributed by atoms with Crippen molar-refractivity contribution in [1.82, 2.24) is 9.55 Å². The quantitative estimate of drug-likeness (QED) is 0.505. The van der Waals surface area contributed by atoms with Gasteiger partial charge in [0.15, 0.2) is 0 Å². The molecule has 0 spiro atoms. The second kappa shape index (κ2) is 6.36. The third kappa shape index (κ3) is 2.85. The van der Waals surface area contributed by atoms with Gasteiger partial charge in [0.2, 0.25) is 0 Å². The number of rotatable bonds is 4. The zero-order chi connectivity index (χ0) is 17.2. The van der Waals surface area contributed by atoms with E-state index in [4.69, 9.17) is 0 Å². The molecule has 0 aliphatic rings. The number of aldehydes is 1. The average Bonchev–Trinajstić information content (AvgIpc) is 3.12. The molecule has 0 radical (unpaired) electrons. The van der Waals surface area contributed by atoms with Gasteiger partial charge in [-0.05, 0) is 29.3 Å². The van der Waals surface area contributed by atoms with Crippen molar-refractivity contribution in [2.75, 3.05) is 0 Å². The third-order valence-corrected chi connectivity index (χ3v) is 4.52. The number of imidazole rings is 1. The molecule has 1 unspecified atom stereocenters. The Hall–Kier alpha value is -3.20. The van der Waals surface area contributed by atoms with E-state index in [1.54, 1.807) is 6.20 Å². The molecule has 3 heteroatoms. The maximum absolute atomic E-state index is 11.9. The molecule has 122 valence electrons. The summed E-state index contributed by atoms with van der Waals surface area (Å²) in [4.78, 5) is 16.4. The van der Waals surface area contributed by atoms with Crippen LogP contribution in [0.1, 0.15) is 17.2 Å². The molecule has 0 aliphatic carbocycles. The van der Waals surface area contributed by atoms with Crippen LogP contribution < -0.4 is 0 Å². The van der Waals surface area contributed by atoms with E-state index >= 15 is 0 Å². The molecule has 1 aromatic heterocycles. The van der Waals surface area contributed by atoms with E-state index in [0.717, 1.165) is 28.6 Å². The summed E-state index contributed by atoms with van der Waals surface area (Å²) in [6.45, 7) is 2.06. The number of nitrogens with zero attached hydrogens (tertiary/aromatic N) is 2. The molecule has 25 heavy (non-hydrogen) atoms. The van der Waals surface area contributed by atoms with Crippen molar-refractivity contribution >= 4 is 17.1 Å². The summed E-state index contributed by atoms with van der Waals surface area (Å²) >= 11 is 0. The fourth-order valence-electron chi connectivity index (χ4n) is 3.16. The molecule has 0 amide bonds. The van der Waals surface area contributed by atoms with Crippen LogP contribution in [0.5, 0.6) is 0 Å². The van der Waals surface area contributed by atoms with Crippen molar-refractivity contribution in [2.24, 2.45) is 0 Å². The van der Waals surface area contributed by atoms with Crippen molar-refractivity contribution in [3.05, 3.63) is 90.3 Å². The monoisotopic (exact) mass is 326 g/mol.